The minimum absolute atomic E-state index is 0.0371. The topological polar surface area (TPSA) is 55.4 Å². The van der Waals surface area contributed by atoms with Crippen LogP contribution in [0.3, 0.4) is 0 Å². The molecule has 0 aromatic heterocycles. The van der Waals surface area contributed by atoms with Crippen LogP contribution in [0.1, 0.15) is 64.2 Å². The van der Waals surface area contributed by atoms with Crippen molar-refractivity contribution in [2.45, 2.75) is 89.0 Å². The summed E-state index contributed by atoms with van der Waals surface area (Å²) in [5.41, 5.74) is 0. The van der Waals surface area contributed by atoms with Crippen molar-refractivity contribution in [3.8, 4) is 0 Å². The Labute approximate surface area is 157 Å². The second-order valence-electron chi connectivity index (χ2n) is 7.44. The predicted molar refractivity (Wildman–Crippen MR) is 97.0 cm³/mol. The minimum Gasteiger partial charge on any atom is -0.373 e. The van der Waals surface area contributed by atoms with E-state index in [0.717, 1.165) is 51.7 Å². The predicted octanol–water partition coefficient (Wildman–Crippen LogP) is 3.42. The van der Waals surface area contributed by atoms with Gasteiger partial charge in [-0.3, -0.25) is 0 Å². The summed E-state index contributed by atoms with van der Waals surface area (Å²) < 4.78 is 34.8. The van der Waals surface area contributed by atoms with Crippen LogP contribution in [0.15, 0.2) is 0 Å². The fraction of sp³-hybridized carbons (Fsp3) is 1.00. The lowest BCUT2D eigenvalue weighted by molar-refractivity contribution is -0.185. The maximum absolute atomic E-state index is 6.06. The normalized spacial score (nSPS) is 33.2. The van der Waals surface area contributed by atoms with Gasteiger partial charge >= 0.3 is 0 Å². The molecule has 3 rings (SSSR count). The van der Waals surface area contributed by atoms with Crippen molar-refractivity contribution < 1.29 is 28.4 Å². The Balaban J connectivity index is 1.25. The molecule has 0 amide bonds. The van der Waals surface area contributed by atoms with Gasteiger partial charge in [-0.05, 0) is 51.4 Å². The molecular formula is C20H36O6. The summed E-state index contributed by atoms with van der Waals surface area (Å²) in [6, 6.07) is 0. The van der Waals surface area contributed by atoms with Gasteiger partial charge in [0.05, 0.1) is 38.6 Å². The van der Waals surface area contributed by atoms with Crippen LogP contribution in [0.5, 0.6) is 0 Å². The van der Waals surface area contributed by atoms with Gasteiger partial charge in [-0.15, -0.1) is 0 Å². The van der Waals surface area contributed by atoms with Crippen molar-refractivity contribution >= 4 is 0 Å². The minimum atomic E-state index is -0.0371. The SMILES string of the molecule is C1CCC(OCCOC2CCCCC2OCCOC2CCCCO2)OC1. The highest BCUT2D eigenvalue weighted by molar-refractivity contribution is 4.76. The van der Waals surface area contributed by atoms with Gasteiger partial charge in [-0.2, -0.15) is 0 Å². The van der Waals surface area contributed by atoms with Gasteiger partial charge in [-0.25, -0.2) is 0 Å². The van der Waals surface area contributed by atoms with E-state index in [0.29, 0.717) is 26.4 Å². The van der Waals surface area contributed by atoms with Crippen LogP contribution in [-0.4, -0.2) is 64.4 Å². The zero-order valence-corrected chi connectivity index (χ0v) is 16.1. The lowest BCUT2D eigenvalue weighted by Gasteiger charge is -2.32. The number of hydrogen-bond donors (Lipinski definition) is 0. The highest BCUT2D eigenvalue weighted by Crippen LogP contribution is 2.24. The van der Waals surface area contributed by atoms with E-state index in [4.69, 9.17) is 28.4 Å². The molecule has 0 N–H and O–H groups in total. The molecule has 6 nitrogen and oxygen atoms in total. The molecule has 4 atom stereocenters. The summed E-state index contributed by atoms with van der Waals surface area (Å²) in [7, 11) is 0. The van der Waals surface area contributed by atoms with Crippen LogP contribution in [-0.2, 0) is 28.4 Å². The van der Waals surface area contributed by atoms with Gasteiger partial charge in [0.15, 0.2) is 12.6 Å². The van der Waals surface area contributed by atoms with E-state index in [1.807, 2.05) is 0 Å². The Morgan fingerprint density at radius 1 is 0.500 bits per heavy atom. The third-order valence-corrected chi connectivity index (χ3v) is 5.36. The Morgan fingerprint density at radius 2 is 0.923 bits per heavy atom. The zero-order chi connectivity index (χ0) is 17.9. The van der Waals surface area contributed by atoms with Gasteiger partial charge < -0.3 is 28.4 Å². The molecule has 2 aliphatic heterocycles. The van der Waals surface area contributed by atoms with E-state index in [-0.39, 0.29) is 24.8 Å². The smallest absolute Gasteiger partial charge is 0.157 e. The molecule has 0 radical (unpaired) electrons. The number of hydrogen-bond acceptors (Lipinski definition) is 6. The van der Waals surface area contributed by atoms with Gasteiger partial charge in [-0.1, -0.05) is 12.8 Å². The highest BCUT2D eigenvalue weighted by Gasteiger charge is 2.27. The molecule has 0 spiro atoms. The molecular weight excluding hydrogens is 336 g/mol. The van der Waals surface area contributed by atoms with Crippen molar-refractivity contribution in [3.05, 3.63) is 0 Å². The van der Waals surface area contributed by atoms with Crippen molar-refractivity contribution in [1.82, 2.24) is 0 Å². The van der Waals surface area contributed by atoms with E-state index < -0.39 is 0 Å². The molecule has 0 aromatic rings. The molecule has 4 unspecified atom stereocenters. The number of ether oxygens (including phenoxy) is 6. The summed E-state index contributed by atoms with van der Waals surface area (Å²) in [5, 5.41) is 0. The summed E-state index contributed by atoms with van der Waals surface area (Å²) >= 11 is 0. The van der Waals surface area contributed by atoms with Crippen molar-refractivity contribution in [3.63, 3.8) is 0 Å². The molecule has 3 aliphatic rings. The summed E-state index contributed by atoms with van der Waals surface area (Å²) in [4.78, 5) is 0. The Bertz CT molecular complexity index is 320. The van der Waals surface area contributed by atoms with Crippen LogP contribution in [0.2, 0.25) is 0 Å². The maximum Gasteiger partial charge on any atom is 0.157 e. The van der Waals surface area contributed by atoms with Crippen LogP contribution in [0.25, 0.3) is 0 Å². The van der Waals surface area contributed by atoms with Gasteiger partial charge in [0.25, 0.3) is 0 Å². The average Bonchev–Trinajstić information content (AvgIpc) is 2.71. The summed E-state index contributed by atoms with van der Waals surface area (Å²) in [5.74, 6) is 0. The molecule has 0 bridgehead atoms. The summed E-state index contributed by atoms with van der Waals surface area (Å²) in [6.45, 7) is 4.04. The van der Waals surface area contributed by atoms with Crippen molar-refractivity contribution in [1.29, 1.82) is 0 Å². The first-order chi connectivity index (χ1) is 12.9. The largest absolute Gasteiger partial charge is 0.373 e. The lowest BCUT2D eigenvalue weighted by atomic mass is 9.94. The first-order valence-corrected chi connectivity index (χ1v) is 10.6. The second-order valence-corrected chi connectivity index (χ2v) is 7.44. The van der Waals surface area contributed by atoms with Crippen molar-refractivity contribution in [2.24, 2.45) is 0 Å². The Hall–Kier alpha value is -0.240. The molecule has 3 fully saturated rings. The van der Waals surface area contributed by atoms with E-state index in [1.54, 1.807) is 0 Å². The molecule has 2 heterocycles. The standard InChI is InChI=1S/C20H36O6/c1-2-8-18(22-14-16-26-20-10-4-6-12-24-20)17(7-1)21-13-15-25-19-9-3-5-11-23-19/h17-20H,1-16H2. The summed E-state index contributed by atoms with van der Waals surface area (Å²) in [6.07, 6.45) is 11.5. The van der Waals surface area contributed by atoms with E-state index in [1.165, 1.54) is 25.7 Å². The fourth-order valence-electron chi connectivity index (χ4n) is 3.89. The van der Waals surface area contributed by atoms with Gasteiger partial charge in [0.1, 0.15) is 0 Å². The molecule has 0 aromatic carbocycles. The Kier molecular flexibility index (Phi) is 9.67. The van der Waals surface area contributed by atoms with Gasteiger partial charge in [0.2, 0.25) is 0 Å². The highest BCUT2D eigenvalue weighted by atomic mass is 16.7. The third kappa shape index (κ3) is 7.41. The maximum atomic E-state index is 6.06. The average molecular weight is 373 g/mol. The third-order valence-electron chi connectivity index (χ3n) is 5.36. The van der Waals surface area contributed by atoms with Crippen LogP contribution >= 0.6 is 0 Å². The fourth-order valence-corrected chi connectivity index (χ4v) is 3.89. The van der Waals surface area contributed by atoms with E-state index >= 15 is 0 Å². The van der Waals surface area contributed by atoms with Crippen LogP contribution < -0.4 is 0 Å². The monoisotopic (exact) mass is 372 g/mol. The number of rotatable bonds is 10. The molecule has 152 valence electrons. The first-order valence-electron chi connectivity index (χ1n) is 10.6. The van der Waals surface area contributed by atoms with Crippen molar-refractivity contribution in [2.75, 3.05) is 39.6 Å². The Morgan fingerprint density at radius 3 is 1.35 bits per heavy atom. The van der Waals surface area contributed by atoms with Crippen LogP contribution in [0.4, 0.5) is 0 Å². The quantitative estimate of drug-likeness (QED) is 0.548. The first kappa shape index (κ1) is 20.5. The molecule has 1 aliphatic carbocycles. The molecule has 26 heavy (non-hydrogen) atoms. The van der Waals surface area contributed by atoms with Gasteiger partial charge in [0, 0.05) is 13.2 Å². The molecule has 1 saturated carbocycles. The molecule has 2 saturated heterocycles. The zero-order valence-electron chi connectivity index (χ0n) is 16.1. The molecule has 6 heteroatoms. The van der Waals surface area contributed by atoms with E-state index in [2.05, 4.69) is 0 Å². The van der Waals surface area contributed by atoms with Crippen LogP contribution in [0, 0.1) is 0 Å². The second kappa shape index (κ2) is 12.3. The van der Waals surface area contributed by atoms with E-state index in [9.17, 15) is 0 Å². The lowest BCUT2D eigenvalue weighted by Crippen LogP contribution is -2.37.